The van der Waals surface area contributed by atoms with Crippen molar-refractivity contribution in [1.82, 2.24) is 9.78 Å². The van der Waals surface area contributed by atoms with Crippen LogP contribution in [0.4, 0.5) is 13.2 Å². The van der Waals surface area contributed by atoms with E-state index < -0.39 is 18.3 Å². The highest BCUT2D eigenvalue weighted by molar-refractivity contribution is 6.06. The second-order valence-electron chi connectivity index (χ2n) is 7.45. The van der Waals surface area contributed by atoms with Crippen LogP contribution in [0.2, 0.25) is 0 Å². The molecule has 184 valence electrons. The topological polar surface area (TPSA) is 79.7 Å². The first-order chi connectivity index (χ1) is 17.2. The van der Waals surface area contributed by atoms with E-state index in [1.165, 1.54) is 43.2 Å². The van der Waals surface area contributed by atoms with Gasteiger partial charge in [-0.05, 0) is 35.4 Å². The molecule has 0 unspecified atom stereocenters. The summed E-state index contributed by atoms with van der Waals surface area (Å²) in [6.45, 7) is 0. The molecular weight excluding hydrogens is 477 g/mol. The van der Waals surface area contributed by atoms with Gasteiger partial charge in [-0.3, -0.25) is 0 Å². The van der Waals surface area contributed by atoms with Gasteiger partial charge >= 0.3 is 18.3 Å². The Kier molecular flexibility index (Phi) is 6.77. The molecule has 0 radical (unpaired) electrons. The van der Waals surface area contributed by atoms with Crippen LogP contribution in [0, 0.1) is 0 Å². The zero-order chi connectivity index (χ0) is 25.9. The summed E-state index contributed by atoms with van der Waals surface area (Å²) in [5.41, 5.74) is 2.45. The smallest absolute Gasteiger partial charge is 0.465 e. The van der Waals surface area contributed by atoms with Crippen molar-refractivity contribution in [2.75, 3.05) is 14.2 Å². The number of benzene rings is 3. The zero-order valence-corrected chi connectivity index (χ0v) is 19.1. The van der Waals surface area contributed by atoms with Gasteiger partial charge in [0.25, 0.3) is 0 Å². The fourth-order valence-corrected chi connectivity index (χ4v) is 3.63. The number of esters is 2. The SMILES string of the molecule is COC(=O)c1c(-c2ccc(-c3ccc(OC(F)(F)F)cc3)cc2)nn(-c2ccccc2)c1C(=O)OC. The van der Waals surface area contributed by atoms with Gasteiger partial charge in [0.1, 0.15) is 17.0 Å². The van der Waals surface area contributed by atoms with Crippen LogP contribution in [-0.4, -0.2) is 42.3 Å². The van der Waals surface area contributed by atoms with Crippen LogP contribution in [0.25, 0.3) is 28.1 Å². The van der Waals surface area contributed by atoms with E-state index in [1.807, 2.05) is 0 Å². The van der Waals surface area contributed by atoms with Crippen molar-refractivity contribution >= 4 is 11.9 Å². The van der Waals surface area contributed by atoms with Crippen LogP contribution in [0.15, 0.2) is 78.9 Å². The minimum absolute atomic E-state index is 0.0606. The molecule has 0 amide bonds. The standard InChI is InChI=1S/C26H19F3N2O5/c1-34-24(32)21-22(30-31(23(21)25(33)35-2)19-6-4-3-5-7-19)18-10-8-16(9-11-18)17-12-14-20(15-13-17)36-26(27,28)29/h3-15H,1-2H3. The monoisotopic (exact) mass is 496 g/mol. The predicted molar refractivity (Wildman–Crippen MR) is 124 cm³/mol. The Morgan fingerprint density at radius 1 is 0.750 bits per heavy atom. The number of aromatic nitrogens is 2. The van der Waals surface area contributed by atoms with Gasteiger partial charge in [-0.25, -0.2) is 14.3 Å². The van der Waals surface area contributed by atoms with Crippen molar-refractivity contribution in [3.8, 4) is 33.8 Å². The molecule has 0 aliphatic rings. The molecule has 4 rings (SSSR count). The Bertz CT molecular complexity index is 1380. The molecule has 0 spiro atoms. The lowest BCUT2D eigenvalue weighted by atomic mass is 10.0. The third-order valence-electron chi connectivity index (χ3n) is 5.23. The predicted octanol–water partition coefficient (Wildman–Crippen LogP) is 5.68. The zero-order valence-electron chi connectivity index (χ0n) is 19.1. The van der Waals surface area contributed by atoms with E-state index in [0.717, 1.165) is 0 Å². The Labute approximate surface area is 203 Å². The second-order valence-corrected chi connectivity index (χ2v) is 7.45. The van der Waals surface area contributed by atoms with Crippen LogP contribution in [-0.2, 0) is 9.47 Å². The van der Waals surface area contributed by atoms with Gasteiger partial charge in [-0.1, -0.05) is 54.6 Å². The van der Waals surface area contributed by atoms with Crippen molar-refractivity contribution in [3.05, 3.63) is 90.1 Å². The number of halogens is 3. The number of hydrogen-bond donors (Lipinski definition) is 0. The lowest BCUT2D eigenvalue weighted by molar-refractivity contribution is -0.274. The molecule has 10 heteroatoms. The number of methoxy groups -OCH3 is 2. The van der Waals surface area contributed by atoms with Gasteiger partial charge in [0.05, 0.1) is 19.9 Å². The van der Waals surface area contributed by atoms with E-state index in [-0.39, 0.29) is 22.7 Å². The maximum atomic E-state index is 12.7. The summed E-state index contributed by atoms with van der Waals surface area (Å²) in [7, 11) is 2.40. The minimum Gasteiger partial charge on any atom is -0.465 e. The third kappa shape index (κ3) is 5.07. The van der Waals surface area contributed by atoms with Gasteiger partial charge < -0.3 is 14.2 Å². The fourth-order valence-electron chi connectivity index (χ4n) is 3.63. The van der Waals surface area contributed by atoms with Crippen molar-refractivity contribution in [3.63, 3.8) is 0 Å². The molecule has 1 heterocycles. The number of alkyl halides is 3. The summed E-state index contributed by atoms with van der Waals surface area (Å²) < 4.78 is 52.3. The summed E-state index contributed by atoms with van der Waals surface area (Å²) in [4.78, 5) is 25.4. The number of nitrogens with zero attached hydrogens (tertiary/aromatic N) is 2. The van der Waals surface area contributed by atoms with Crippen LogP contribution >= 0.6 is 0 Å². The lowest BCUT2D eigenvalue weighted by Crippen LogP contribution is -2.16. The molecular formula is C26H19F3N2O5. The number of carbonyl (C=O) groups is 2. The molecule has 36 heavy (non-hydrogen) atoms. The minimum atomic E-state index is -4.77. The van der Waals surface area contributed by atoms with E-state index in [1.54, 1.807) is 54.6 Å². The molecule has 7 nitrogen and oxygen atoms in total. The van der Waals surface area contributed by atoms with E-state index in [0.29, 0.717) is 22.4 Å². The fraction of sp³-hybridized carbons (Fsp3) is 0.115. The van der Waals surface area contributed by atoms with Gasteiger partial charge in [0.2, 0.25) is 0 Å². The van der Waals surface area contributed by atoms with Crippen LogP contribution in [0.3, 0.4) is 0 Å². The first-order valence-electron chi connectivity index (χ1n) is 10.5. The summed E-state index contributed by atoms with van der Waals surface area (Å²) >= 11 is 0. The largest absolute Gasteiger partial charge is 0.573 e. The quantitative estimate of drug-likeness (QED) is 0.320. The highest BCUT2D eigenvalue weighted by atomic mass is 19.4. The number of rotatable bonds is 6. The molecule has 3 aromatic carbocycles. The van der Waals surface area contributed by atoms with Crippen LogP contribution in [0.5, 0.6) is 5.75 Å². The Balaban J connectivity index is 1.76. The number of para-hydroxylation sites is 1. The summed E-state index contributed by atoms with van der Waals surface area (Å²) in [5, 5.41) is 4.53. The molecule has 0 saturated heterocycles. The highest BCUT2D eigenvalue weighted by Gasteiger charge is 2.32. The van der Waals surface area contributed by atoms with Crippen LogP contribution < -0.4 is 4.74 Å². The van der Waals surface area contributed by atoms with Gasteiger partial charge in [-0.2, -0.15) is 5.10 Å². The van der Waals surface area contributed by atoms with E-state index in [4.69, 9.17) is 9.47 Å². The van der Waals surface area contributed by atoms with Crippen molar-refractivity contribution in [1.29, 1.82) is 0 Å². The average Bonchev–Trinajstić information content (AvgIpc) is 3.28. The van der Waals surface area contributed by atoms with Gasteiger partial charge in [-0.15, -0.1) is 13.2 Å². The molecule has 0 saturated carbocycles. The Morgan fingerprint density at radius 3 is 1.81 bits per heavy atom. The van der Waals surface area contributed by atoms with Crippen molar-refractivity contribution < 1.29 is 37.0 Å². The van der Waals surface area contributed by atoms with E-state index >= 15 is 0 Å². The molecule has 0 fully saturated rings. The second kappa shape index (κ2) is 9.95. The molecule has 0 aliphatic carbocycles. The Hall–Kier alpha value is -4.60. The van der Waals surface area contributed by atoms with Crippen LogP contribution in [0.1, 0.15) is 20.8 Å². The lowest BCUT2D eigenvalue weighted by Gasteiger charge is -2.09. The maximum Gasteiger partial charge on any atom is 0.573 e. The molecule has 1 aromatic heterocycles. The molecule has 0 N–H and O–H groups in total. The summed E-state index contributed by atoms with van der Waals surface area (Å²) in [6.07, 6.45) is -4.77. The van der Waals surface area contributed by atoms with Gasteiger partial charge in [0.15, 0.2) is 5.69 Å². The normalized spacial score (nSPS) is 11.1. The highest BCUT2D eigenvalue weighted by Crippen LogP contribution is 2.32. The molecule has 0 atom stereocenters. The van der Waals surface area contributed by atoms with Crippen molar-refractivity contribution in [2.45, 2.75) is 6.36 Å². The number of hydrogen-bond acceptors (Lipinski definition) is 6. The summed E-state index contributed by atoms with van der Waals surface area (Å²) in [6, 6.07) is 21.0. The number of ether oxygens (including phenoxy) is 3. The Morgan fingerprint density at radius 2 is 1.28 bits per heavy atom. The maximum absolute atomic E-state index is 12.7. The molecule has 0 aliphatic heterocycles. The first-order valence-corrected chi connectivity index (χ1v) is 10.5. The van der Waals surface area contributed by atoms with E-state index in [2.05, 4.69) is 9.84 Å². The molecule has 4 aromatic rings. The third-order valence-corrected chi connectivity index (χ3v) is 5.23. The summed E-state index contributed by atoms with van der Waals surface area (Å²) in [5.74, 6) is -1.86. The van der Waals surface area contributed by atoms with Gasteiger partial charge in [0, 0.05) is 5.56 Å². The molecule has 0 bridgehead atoms. The van der Waals surface area contributed by atoms with E-state index in [9.17, 15) is 22.8 Å². The number of carbonyl (C=O) groups excluding carboxylic acids is 2. The van der Waals surface area contributed by atoms with Crippen molar-refractivity contribution in [2.24, 2.45) is 0 Å². The average molecular weight is 496 g/mol. The first kappa shape index (κ1) is 24.5.